The number of rotatable bonds is 9. The van der Waals surface area contributed by atoms with Crippen molar-refractivity contribution in [3.05, 3.63) is 69.7 Å². The van der Waals surface area contributed by atoms with Crippen molar-refractivity contribution in [1.82, 2.24) is 10.2 Å². The molecule has 1 aliphatic rings. The van der Waals surface area contributed by atoms with Crippen LogP contribution in [0.1, 0.15) is 46.0 Å². The predicted molar refractivity (Wildman–Crippen MR) is 117 cm³/mol. The van der Waals surface area contributed by atoms with Crippen LogP contribution in [0.5, 0.6) is 0 Å². The second-order valence-electron chi connectivity index (χ2n) is 7.21. The summed E-state index contributed by atoms with van der Waals surface area (Å²) in [4.78, 5) is 50.1. The molecule has 7 nitrogen and oxygen atoms in total. The van der Waals surface area contributed by atoms with Crippen LogP contribution < -0.4 is 5.32 Å². The van der Waals surface area contributed by atoms with E-state index >= 15 is 0 Å². The largest absolute Gasteiger partial charge is 0.453 e. The second-order valence-corrected chi connectivity index (χ2v) is 8.13. The van der Waals surface area contributed by atoms with E-state index in [-0.39, 0.29) is 37.1 Å². The highest BCUT2D eigenvalue weighted by Gasteiger charge is 2.35. The summed E-state index contributed by atoms with van der Waals surface area (Å²) in [6.45, 7) is 2.06. The molecule has 3 amide bonds. The Kier molecular flexibility index (Phi) is 7.57. The molecular weight excluding hydrogens is 464 g/mol. The van der Waals surface area contributed by atoms with Crippen LogP contribution >= 0.6 is 15.9 Å². The van der Waals surface area contributed by atoms with E-state index in [4.69, 9.17) is 4.74 Å². The molecule has 162 valence electrons. The average molecular weight is 487 g/mol. The van der Waals surface area contributed by atoms with E-state index in [0.717, 1.165) is 10.5 Å². The molecule has 0 saturated carbocycles. The maximum absolute atomic E-state index is 12.4. The third-order valence-electron chi connectivity index (χ3n) is 4.93. The van der Waals surface area contributed by atoms with Gasteiger partial charge in [0, 0.05) is 24.0 Å². The highest BCUT2D eigenvalue weighted by atomic mass is 79.9. The highest BCUT2D eigenvalue weighted by Crippen LogP contribution is 2.26. The van der Waals surface area contributed by atoms with Gasteiger partial charge in [0.1, 0.15) is 0 Å². The molecule has 3 rings (SSSR count). The molecule has 1 aliphatic heterocycles. The molecule has 0 spiro atoms. The molecule has 1 atom stereocenters. The van der Waals surface area contributed by atoms with Crippen molar-refractivity contribution < 1.29 is 23.9 Å². The Labute approximate surface area is 188 Å². The highest BCUT2D eigenvalue weighted by molar-refractivity contribution is 9.10. The number of carbonyl (C=O) groups is 4. The fraction of sp³-hybridized carbons (Fsp3) is 0.304. The number of amides is 3. The van der Waals surface area contributed by atoms with E-state index < -0.39 is 12.1 Å². The first kappa shape index (κ1) is 22.7. The Balaban J connectivity index is 1.38. The van der Waals surface area contributed by atoms with Gasteiger partial charge >= 0.3 is 5.97 Å². The van der Waals surface area contributed by atoms with Crippen LogP contribution in [0, 0.1) is 0 Å². The molecule has 0 radical (unpaired) electrons. The first-order valence-corrected chi connectivity index (χ1v) is 10.8. The van der Waals surface area contributed by atoms with Crippen LogP contribution in [0.4, 0.5) is 0 Å². The minimum absolute atomic E-state index is 0.00125. The van der Waals surface area contributed by atoms with E-state index in [9.17, 15) is 19.2 Å². The summed E-state index contributed by atoms with van der Waals surface area (Å²) >= 11 is 3.29. The van der Waals surface area contributed by atoms with Crippen LogP contribution in [0.2, 0.25) is 0 Å². The fourth-order valence-electron chi connectivity index (χ4n) is 3.28. The van der Waals surface area contributed by atoms with Crippen LogP contribution in [0.3, 0.4) is 0 Å². The van der Waals surface area contributed by atoms with Gasteiger partial charge in [0.2, 0.25) is 0 Å². The summed E-state index contributed by atoms with van der Waals surface area (Å²) < 4.78 is 5.88. The van der Waals surface area contributed by atoms with E-state index in [1.54, 1.807) is 18.2 Å². The van der Waals surface area contributed by atoms with E-state index in [1.165, 1.54) is 6.92 Å². The number of carbonyl (C=O) groups excluding carboxylic acids is 4. The van der Waals surface area contributed by atoms with Gasteiger partial charge in [-0.1, -0.05) is 46.3 Å². The number of halogens is 1. The molecular formula is C23H23BrN2O5. The van der Waals surface area contributed by atoms with Crippen molar-refractivity contribution in [2.24, 2.45) is 0 Å². The third kappa shape index (κ3) is 5.79. The predicted octanol–water partition coefficient (Wildman–Crippen LogP) is 3.12. The lowest BCUT2D eigenvalue weighted by atomic mass is 10.1. The Bertz CT molecular complexity index is 993. The maximum Gasteiger partial charge on any atom is 0.306 e. The van der Waals surface area contributed by atoms with Crippen molar-refractivity contribution in [2.45, 2.75) is 32.3 Å². The van der Waals surface area contributed by atoms with Gasteiger partial charge < -0.3 is 10.1 Å². The molecule has 1 N–H and O–H groups in total. The molecule has 0 saturated heterocycles. The molecule has 0 aliphatic carbocycles. The Morgan fingerprint density at radius 3 is 2.52 bits per heavy atom. The molecule has 2 aromatic rings. The van der Waals surface area contributed by atoms with Gasteiger partial charge in [-0.15, -0.1) is 0 Å². The summed E-state index contributed by atoms with van der Waals surface area (Å²) in [6, 6.07) is 14.7. The number of benzene rings is 2. The average Bonchev–Trinajstić information content (AvgIpc) is 2.98. The lowest BCUT2D eigenvalue weighted by Crippen LogP contribution is -2.37. The van der Waals surface area contributed by atoms with Crippen LogP contribution in [0.25, 0.3) is 0 Å². The number of hydrogen-bond donors (Lipinski definition) is 1. The van der Waals surface area contributed by atoms with Crippen molar-refractivity contribution in [2.75, 3.05) is 13.1 Å². The first-order valence-electron chi connectivity index (χ1n) is 10.0. The summed E-state index contributed by atoms with van der Waals surface area (Å²) in [5.74, 6) is -1.66. The molecule has 0 aromatic heterocycles. The van der Waals surface area contributed by atoms with Gasteiger partial charge in [-0.05, 0) is 43.5 Å². The minimum atomic E-state index is -0.917. The summed E-state index contributed by atoms with van der Waals surface area (Å²) in [6.07, 6.45) is 0.0244. The SMILES string of the molecule is CC(OC(=O)CCCN1C(=O)c2ccc(Br)cc2C1=O)C(=O)NCCc1ccccc1. The van der Waals surface area contributed by atoms with Gasteiger partial charge in [-0.25, -0.2) is 0 Å². The van der Waals surface area contributed by atoms with Crippen LogP contribution in [-0.2, 0) is 20.7 Å². The smallest absolute Gasteiger partial charge is 0.306 e. The van der Waals surface area contributed by atoms with Gasteiger partial charge in [0.25, 0.3) is 17.7 Å². The normalized spacial score (nSPS) is 13.7. The first-order chi connectivity index (χ1) is 14.9. The van der Waals surface area contributed by atoms with Crippen molar-refractivity contribution in [3.63, 3.8) is 0 Å². The number of nitrogens with zero attached hydrogens (tertiary/aromatic N) is 1. The Hall–Kier alpha value is -3.00. The summed E-state index contributed by atoms with van der Waals surface area (Å²) in [7, 11) is 0. The fourth-order valence-corrected chi connectivity index (χ4v) is 3.64. The van der Waals surface area contributed by atoms with Gasteiger partial charge in [0.15, 0.2) is 6.10 Å². The van der Waals surface area contributed by atoms with Crippen LogP contribution in [0.15, 0.2) is 53.0 Å². The number of esters is 1. The van der Waals surface area contributed by atoms with E-state index in [1.807, 2.05) is 30.3 Å². The van der Waals surface area contributed by atoms with E-state index in [0.29, 0.717) is 28.6 Å². The molecule has 0 bridgehead atoms. The molecule has 2 aromatic carbocycles. The zero-order valence-electron chi connectivity index (χ0n) is 17.1. The molecule has 0 fully saturated rings. The molecule has 1 heterocycles. The third-order valence-corrected chi connectivity index (χ3v) is 5.42. The van der Waals surface area contributed by atoms with Gasteiger partial charge in [-0.2, -0.15) is 0 Å². The molecule has 1 unspecified atom stereocenters. The number of fused-ring (bicyclic) bond motifs is 1. The molecule has 31 heavy (non-hydrogen) atoms. The number of nitrogens with one attached hydrogen (secondary N) is 1. The van der Waals surface area contributed by atoms with Gasteiger partial charge in [0.05, 0.1) is 11.1 Å². The standard InChI is InChI=1S/C23H23BrN2O5/c1-15(21(28)25-12-11-16-6-3-2-4-7-16)31-20(27)8-5-13-26-22(29)18-10-9-17(24)14-19(18)23(26)30/h2-4,6-7,9-10,14-15H,5,8,11-13H2,1H3,(H,25,28). The van der Waals surface area contributed by atoms with E-state index in [2.05, 4.69) is 21.2 Å². The summed E-state index contributed by atoms with van der Waals surface area (Å²) in [5.41, 5.74) is 1.81. The summed E-state index contributed by atoms with van der Waals surface area (Å²) in [5, 5.41) is 2.75. The number of hydrogen-bond acceptors (Lipinski definition) is 5. The lowest BCUT2D eigenvalue weighted by molar-refractivity contribution is -0.154. The topological polar surface area (TPSA) is 92.8 Å². The van der Waals surface area contributed by atoms with Crippen molar-refractivity contribution >= 4 is 39.6 Å². The zero-order valence-corrected chi connectivity index (χ0v) is 18.7. The van der Waals surface area contributed by atoms with Crippen molar-refractivity contribution in [1.29, 1.82) is 0 Å². The lowest BCUT2D eigenvalue weighted by Gasteiger charge is -2.15. The van der Waals surface area contributed by atoms with Crippen LogP contribution in [-0.4, -0.2) is 47.8 Å². The quantitative estimate of drug-likeness (QED) is 0.434. The minimum Gasteiger partial charge on any atom is -0.453 e. The monoisotopic (exact) mass is 486 g/mol. The van der Waals surface area contributed by atoms with Gasteiger partial charge in [-0.3, -0.25) is 24.1 Å². The van der Waals surface area contributed by atoms with Crippen molar-refractivity contribution in [3.8, 4) is 0 Å². The number of imide groups is 1. The Morgan fingerprint density at radius 2 is 1.77 bits per heavy atom. The maximum atomic E-state index is 12.4. The second kappa shape index (κ2) is 10.3. The Morgan fingerprint density at radius 1 is 1.06 bits per heavy atom. The number of ether oxygens (including phenoxy) is 1. The molecule has 8 heteroatoms. The zero-order chi connectivity index (χ0) is 22.4.